The second-order valence-electron chi connectivity index (χ2n) is 3.08. The molecule has 0 saturated carbocycles. The van der Waals surface area contributed by atoms with Gasteiger partial charge in [0.25, 0.3) is 0 Å². The van der Waals surface area contributed by atoms with Crippen molar-refractivity contribution in [1.82, 2.24) is 15.3 Å². The molecule has 1 aromatic rings. The highest BCUT2D eigenvalue weighted by molar-refractivity contribution is 5.43. The number of nitrogens with one attached hydrogen (secondary N) is 2. The molecule has 0 aliphatic carbocycles. The highest BCUT2D eigenvalue weighted by Crippen LogP contribution is 2.31. The van der Waals surface area contributed by atoms with Gasteiger partial charge in [-0.1, -0.05) is 0 Å². The molecule has 1 unspecified atom stereocenters. The molecule has 0 aromatic carbocycles. The molecule has 0 amide bonds. The summed E-state index contributed by atoms with van der Waals surface area (Å²) in [6.07, 6.45) is 1.93. The molecule has 2 bridgehead atoms. The van der Waals surface area contributed by atoms with Crippen LogP contribution in [0.2, 0.25) is 0 Å². The van der Waals surface area contributed by atoms with Crippen LogP contribution < -0.4 is 10.2 Å². The lowest BCUT2D eigenvalue weighted by atomic mass is 10.1. The maximum Gasteiger partial charge on any atom is 0.203 e. The Morgan fingerprint density at radius 2 is 2.64 bits per heavy atom. The van der Waals surface area contributed by atoms with E-state index in [0.29, 0.717) is 6.04 Å². The van der Waals surface area contributed by atoms with Crippen LogP contribution in [0.3, 0.4) is 0 Å². The Kier molecular flexibility index (Phi) is 0.898. The molecule has 1 saturated heterocycles. The smallest absolute Gasteiger partial charge is 0.203 e. The van der Waals surface area contributed by atoms with Gasteiger partial charge in [-0.05, 0) is 0 Å². The van der Waals surface area contributed by atoms with Crippen LogP contribution in [0.1, 0.15) is 11.7 Å². The van der Waals surface area contributed by atoms with E-state index in [9.17, 15) is 0 Å². The molecule has 58 valence electrons. The molecule has 0 radical (unpaired) electrons. The number of hydrogen-bond donors (Lipinski definition) is 2. The third-order valence-corrected chi connectivity index (χ3v) is 2.46. The molecular weight excluding hydrogens is 140 g/mol. The van der Waals surface area contributed by atoms with Gasteiger partial charge in [0.2, 0.25) is 5.95 Å². The largest absolute Gasteiger partial charge is 0.331 e. The van der Waals surface area contributed by atoms with E-state index >= 15 is 0 Å². The van der Waals surface area contributed by atoms with Crippen LogP contribution in [-0.4, -0.2) is 29.6 Å². The summed E-state index contributed by atoms with van der Waals surface area (Å²) in [5, 5.41) is 3.36. The lowest BCUT2D eigenvalue weighted by Gasteiger charge is -2.32. The summed E-state index contributed by atoms with van der Waals surface area (Å²) in [5.74, 6) is 1.05. The van der Waals surface area contributed by atoms with Crippen LogP contribution in [0.15, 0.2) is 6.20 Å². The first-order valence-electron chi connectivity index (χ1n) is 3.97. The molecule has 11 heavy (non-hydrogen) atoms. The van der Waals surface area contributed by atoms with Crippen molar-refractivity contribution in [2.45, 2.75) is 6.04 Å². The second kappa shape index (κ2) is 1.76. The average Bonchev–Trinajstić information content (AvgIpc) is 2.64. The number of hydrogen-bond acceptors (Lipinski definition) is 3. The summed E-state index contributed by atoms with van der Waals surface area (Å²) < 4.78 is 0. The zero-order valence-corrected chi connectivity index (χ0v) is 6.17. The van der Waals surface area contributed by atoms with Crippen molar-refractivity contribution in [2.75, 3.05) is 24.5 Å². The topological polar surface area (TPSA) is 44.0 Å². The van der Waals surface area contributed by atoms with Crippen molar-refractivity contribution in [1.29, 1.82) is 0 Å². The maximum absolute atomic E-state index is 4.23. The van der Waals surface area contributed by atoms with Crippen molar-refractivity contribution >= 4 is 5.95 Å². The second-order valence-corrected chi connectivity index (χ2v) is 3.08. The highest BCUT2D eigenvalue weighted by Gasteiger charge is 2.32. The minimum atomic E-state index is 0.538. The number of rotatable bonds is 0. The zero-order valence-electron chi connectivity index (χ0n) is 6.17. The van der Waals surface area contributed by atoms with Crippen LogP contribution >= 0.6 is 0 Å². The molecule has 2 aliphatic rings. The number of imidazole rings is 1. The normalized spacial score (nSPS) is 27.3. The number of anilines is 1. The zero-order chi connectivity index (χ0) is 7.26. The van der Waals surface area contributed by atoms with Crippen molar-refractivity contribution in [2.24, 2.45) is 0 Å². The van der Waals surface area contributed by atoms with Crippen LogP contribution in [0.25, 0.3) is 0 Å². The van der Waals surface area contributed by atoms with Crippen molar-refractivity contribution in [3.8, 4) is 0 Å². The molecule has 4 nitrogen and oxygen atoms in total. The fourth-order valence-electron chi connectivity index (χ4n) is 1.88. The predicted molar refractivity (Wildman–Crippen MR) is 41.5 cm³/mol. The van der Waals surface area contributed by atoms with Crippen molar-refractivity contribution in [3.05, 3.63) is 11.9 Å². The molecular formula is C7H10N4. The Labute approximate surface area is 64.6 Å². The molecule has 0 spiro atoms. The molecule has 3 rings (SSSR count). The summed E-state index contributed by atoms with van der Waals surface area (Å²) in [7, 11) is 0. The summed E-state index contributed by atoms with van der Waals surface area (Å²) >= 11 is 0. The lowest BCUT2D eigenvalue weighted by molar-refractivity contribution is 0.492. The Bertz CT molecular complexity index is 253. The van der Waals surface area contributed by atoms with Crippen LogP contribution in [0, 0.1) is 0 Å². The van der Waals surface area contributed by atoms with E-state index in [1.54, 1.807) is 0 Å². The van der Waals surface area contributed by atoms with E-state index in [-0.39, 0.29) is 0 Å². The third-order valence-electron chi connectivity index (χ3n) is 2.46. The van der Waals surface area contributed by atoms with Gasteiger partial charge in [0.15, 0.2) is 0 Å². The number of piperazine rings is 1. The highest BCUT2D eigenvalue weighted by atomic mass is 15.4. The minimum absolute atomic E-state index is 0.538. The van der Waals surface area contributed by atoms with Gasteiger partial charge < -0.3 is 15.2 Å². The standard InChI is InChI=1S/C7H10N4/c1-2-11-6(4-8-1)5-3-9-7(11)10-5/h3,6,8H,1-2,4H2,(H,9,10). The molecule has 4 heteroatoms. The van der Waals surface area contributed by atoms with Gasteiger partial charge in [-0.15, -0.1) is 0 Å². The molecule has 1 atom stereocenters. The Hall–Kier alpha value is -1.03. The minimum Gasteiger partial charge on any atom is -0.331 e. The molecule has 1 aromatic heterocycles. The van der Waals surface area contributed by atoms with E-state index in [4.69, 9.17) is 0 Å². The van der Waals surface area contributed by atoms with Gasteiger partial charge >= 0.3 is 0 Å². The van der Waals surface area contributed by atoms with Crippen molar-refractivity contribution < 1.29 is 0 Å². The maximum atomic E-state index is 4.23. The molecule has 1 fully saturated rings. The fraction of sp³-hybridized carbons (Fsp3) is 0.571. The van der Waals surface area contributed by atoms with Crippen LogP contribution in [-0.2, 0) is 0 Å². The third kappa shape index (κ3) is 0.599. The lowest BCUT2D eigenvalue weighted by Crippen LogP contribution is -2.45. The van der Waals surface area contributed by atoms with Crippen LogP contribution in [0.5, 0.6) is 0 Å². The first-order chi connectivity index (χ1) is 5.45. The first-order valence-corrected chi connectivity index (χ1v) is 3.97. The monoisotopic (exact) mass is 150 g/mol. The molecule has 2 N–H and O–H groups in total. The molecule has 3 heterocycles. The first kappa shape index (κ1) is 5.60. The Morgan fingerprint density at radius 1 is 1.64 bits per heavy atom. The van der Waals surface area contributed by atoms with E-state index in [1.807, 2.05) is 6.20 Å². The van der Waals surface area contributed by atoms with Crippen molar-refractivity contribution in [3.63, 3.8) is 0 Å². The van der Waals surface area contributed by atoms with Gasteiger partial charge in [-0.2, -0.15) is 0 Å². The summed E-state index contributed by atoms with van der Waals surface area (Å²) in [6, 6.07) is 0.538. The van der Waals surface area contributed by atoms with Gasteiger partial charge in [0, 0.05) is 19.6 Å². The van der Waals surface area contributed by atoms with E-state index in [0.717, 1.165) is 25.6 Å². The molecule has 2 aliphatic heterocycles. The quantitative estimate of drug-likeness (QED) is 0.541. The Morgan fingerprint density at radius 3 is 3.55 bits per heavy atom. The van der Waals surface area contributed by atoms with E-state index in [1.165, 1.54) is 5.69 Å². The summed E-state index contributed by atoms with van der Waals surface area (Å²) in [5.41, 5.74) is 1.26. The number of H-pyrrole nitrogens is 1. The fourth-order valence-corrected chi connectivity index (χ4v) is 1.88. The average molecular weight is 150 g/mol. The number of fused-ring (bicyclic) bond motifs is 5. The summed E-state index contributed by atoms with van der Waals surface area (Å²) in [4.78, 5) is 9.82. The summed E-state index contributed by atoms with van der Waals surface area (Å²) in [6.45, 7) is 3.20. The SMILES string of the molecule is c1nc2[nH]c1C1CNCCN21. The van der Waals surface area contributed by atoms with Gasteiger partial charge in [-0.3, -0.25) is 0 Å². The Balaban J connectivity index is 2.04. The van der Waals surface area contributed by atoms with Gasteiger partial charge in [0.1, 0.15) is 0 Å². The number of aromatic nitrogens is 2. The number of nitrogens with zero attached hydrogens (tertiary/aromatic N) is 2. The van der Waals surface area contributed by atoms with Gasteiger partial charge in [0.05, 0.1) is 17.9 Å². The van der Waals surface area contributed by atoms with E-state index in [2.05, 4.69) is 20.2 Å². The van der Waals surface area contributed by atoms with Gasteiger partial charge in [-0.25, -0.2) is 4.98 Å². The van der Waals surface area contributed by atoms with Crippen LogP contribution in [0.4, 0.5) is 5.95 Å². The van der Waals surface area contributed by atoms with E-state index < -0.39 is 0 Å². The predicted octanol–water partition coefficient (Wildman–Crippen LogP) is -0.126. The number of aromatic amines is 1.